The molecule has 1 aliphatic carbocycles. The second-order valence-corrected chi connectivity index (χ2v) is 4.82. The van der Waals surface area contributed by atoms with Crippen LogP contribution in [0.4, 0.5) is 0 Å². The molecule has 0 bridgehead atoms. The highest BCUT2D eigenvalue weighted by Gasteiger charge is 2.50. The highest BCUT2D eigenvalue weighted by molar-refractivity contribution is 5.05. The molecule has 1 aliphatic heterocycles. The summed E-state index contributed by atoms with van der Waals surface area (Å²) in [6, 6.07) is 1.20. The van der Waals surface area contributed by atoms with Crippen LogP contribution in [0.15, 0.2) is 0 Å². The molecular formula is C10H20N2. The Balaban J connectivity index is 1.99. The van der Waals surface area contributed by atoms with E-state index < -0.39 is 0 Å². The van der Waals surface area contributed by atoms with Gasteiger partial charge in [-0.15, -0.1) is 0 Å². The monoisotopic (exact) mass is 168 g/mol. The average molecular weight is 168 g/mol. The van der Waals surface area contributed by atoms with Crippen LogP contribution in [0, 0.1) is 5.41 Å². The molecule has 2 fully saturated rings. The molecule has 0 aromatic heterocycles. The highest BCUT2D eigenvalue weighted by atomic mass is 15.2. The lowest BCUT2D eigenvalue weighted by atomic mass is 9.89. The first-order chi connectivity index (χ1) is 5.64. The summed E-state index contributed by atoms with van der Waals surface area (Å²) in [7, 11) is 0. The van der Waals surface area contributed by atoms with E-state index in [0.29, 0.717) is 17.5 Å². The van der Waals surface area contributed by atoms with Gasteiger partial charge >= 0.3 is 0 Å². The van der Waals surface area contributed by atoms with Gasteiger partial charge in [0.25, 0.3) is 0 Å². The number of rotatable bonds is 1. The van der Waals surface area contributed by atoms with Crippen LogP contribution in [0.3, 0.4) is 0 Å². The van der Waals surface area contributed by atoms with Crippen molar-refractivity contribution in [2.75, 3.05) is 13.1 Å². The second-order valence-electron chi connectivity index (χ2n) is 4.82. The maximum Gasteiger partial charge on any atom is 0.0120 e. The number of likely N-dealkylation sites (tertiary alicyclic amines) is 1. The average Bonchev–Trinajstić information content (AvgIpc) is 2.76. The van der Waals surface area contributed by atoms with E-state index in [1.165, 1.54) is 32.4 Å². The smallest absolute Gasteiger partial charge is 0.0120 e. The molecule has 2 aliphatic rings. The third-order valence-electron chi connectivity index (χ3n) is 3.65. The second kappa shape index (κ2) is 2.71. The number of piperidine rings is 1. The molecule has 70 valence electrons. The molecule has 2 nitrogen and oxygen atoms in total. The molecule has 2 N–H and O–H groups in total. The zero-order valence-corrected chi connectivity index (χ0v) is 8.21. The number of hydrogen-bond acceptors (Lipinski definition) is 2. The molecule has 0 radical (unpaired) electrons. The molecule has 2 heteroatoms. The topological polar surface area (TPSA) is 29.3 Å². The van der Waals surface area contributed by atoms with Crippen LogP contribution in [0.2, 0.25) is 0 Å². The van der Waals surface area contributed by atoms with Crippen molar-refractivity contribution in [3.63, 3.8) is 0 Å². The van der Waals surface area contributed by atoms with E-state index in [9.17, 15) is 0 Å². The SMILES string of the molecule is CC(C)N1CCC(N)C2(CC2)C1. The Kier molecular flexibility index (Phi) is 1.92. The van der Waals surface area contributed by atoms with Gasteiger partial charge in [0.15, 0.2) is 0 Å². The highest BCUT2D eigenvalue weighted by Crippen LogP contribution is 2.51. The van der Waals surface area contributed by atoms with Gasteiger partial charge in [-0.1, -0.05) is 0 Å². The minimum atomic E-state index is 0.493. The zero-order chi connectivity index (χ0) is 8.77. The molecule has 12 heavy (non-hydrogen) atoms. The zero-order valence-electron chi connectivity index (χ0n) is 8.21. The van der Waals surface area contributed by atoms with Crippen molar-refractivity contribution in [3.05, 3.63) is 0 Å². The lowest BCUT2D eigenvalue weighted by molar-refractivity contribution is 0.111. The quantitative estimate of drug-likeness (QED) is 0.637. The lowest BCUT2D eigenvalue weighted by Gasteiger charge is -2.39. The van der Waals surface area contributed by atoms with Gasteiger partial charge in [0.2, 0.25) is 0 Å². The van der Waals surface area contributed by atoms with Gasteiger partial charge in [-0.05, 0) is 45.1 Å². The number of nitrogens with zero attached hydrogens (tertiary/aromatic N) is 1. The molecule has 1 saturated heterocycles. The first-order valence-electron chi connectivity index (χ1n) is 5.14. The van der Waals surface area contributed by atoms with E-state index in [4.69, 9.17) is 5.73 Å². The Morgan fingerprint density at radius 1 is 1.42 bits per heavy atom. The molecular weight excluding hydrogens is 148 g/mol. The van der Waals surface area contributed by atoms with Crippen molar-refractivity contribution in [1.82, 2.24) is 4.90 Å². The maximum absolute atomic E-state index is 6.11. The molecule has 2 rings (SSSR count). The Labute approximate surface area is 75.1 Å². The maximum atomic E-state index is 6.11. The van der Waals surface area contributed by atoms with Gasteiger partial charge in [-0.3, -0.25) is 0 Å². The minimum absolute atomic E-state index is 0.493. The Bertz CT molecular complexity index is 173. The third-order valence-corrected chi connectivity index (χ3v) is 3.65. The van der Waals surface area contributed by atoms with E-state index in [1.54, 1.807) is 0 Å². The Morgan fingerprint density at radius 2 is 2.08 bits per heavy atom. The van der Waals surface area contributed by atoms with Gasteiger partial charge in [-0.2, -0.15) is 0 Å². The van der Waals surface area contributed by atoms with Gasteiger partial charge < -0.3 is 10.6 Å². The summed E-state index contributed by atoms with van der Waals surface area (Å²) in [5.74, 6) is 0. The summed E-state index contributed by atoms with van der Waals surface area (Å²) in [6.07, 6.45) is 3.95. The van der Waals surface area contributed by atoms with Crippen LogP contribution >= 0.6 is 0 Å². The van der Waals surface area contributed by atoms with Crippen LogP contribution in [0.25, 0.3) is 0 Å². The summed E-state index contributed by atoms with van der Waals surface area (Å²) in [4.78, 5) is 2.58. The molecule has 0 aromatic rings. The first-order valence-corrected chi connectivity index (χ1v) is 5.14. The Hall–Kier alpha value is -0.0800. The third kappa shape index (κ3) is 1.27. The van der Waals surface area contributed by atoms with Crippen LogP contribution in [-0.4, -0.2) is 30.1 Å². The van der Waals surface area contributed by atoms with Crippen molar-refractivity contribution in [2.45, 2.75) is 45.2 Å². The first kappa shape index (κ1) is 8.52. The van der Waals surface area contributed by atoms with E-state index in [1.807, 2.05) is 0 Å². The van der Waals surface area contributed by atoms with Crippen LogP contribution < -0.4 is 5.73 Å². The lowest BCUT2D eigenvalue weighted by Crippen LogP contribution is -2.50. The van der Waals surface area contributed by atoms with Crippen molar-refractivity contribution >= 4 is 0 Å². The van der Waals surface area contributed by atoms with Crippen LogP contribution in [0.1, 0.15) is 33.1 Å². The fourth-order valence-electron chi connectivity index (χ4n) is 2.34. The van der Waals surface area contributed by atoms with Gasteiger partial charge in [0.05, 0.1) is 0 Å². The summed E-state index contributed by atoms with van der Waals surface area (Å²) < 4.78 is 0. The Morgan fingerprint density at radius 3 is 2.58 bits per heavy atom. The fourth-order valence-corrected chi connectivity index (χ4v) is 2.34. The molecule has 1 heterocycles. The summed E-state index contributed by atoms with van der Waals surface area (Å²) in [6.45, 7) is 7.03. The van der Waals surface area contributed by atoms with Gasteiger partial charge in [0.1, 0.15) is 0 Å². The fraction of sp³-hybridized carbons (Fsp3) is 1.00. The van der Waals surface area contributed by atoms with E-state index in [-0.39, 0.29) is 0 Å². The van der Waals surface area contributed by atoms with Crippen molar-refractivity contribution in [3.8, 4) is 0 Å². The van der Waals surface area contributed by atoms with E-state index in [0.717, 1.165) is 0 Å². The molecule has 1 spiro atoms. The van der Waals surface area contributed by atoms with E-state index >= 15 is 0 Å². The van der Waals surface area contributed by atoms with Crippen LogP contribution in [0.5, 0.6) is 0 Å². The summed E-state index contributed by atoms with van der Waals surface area (Å²) in [5, 5.41) is 0. The molecule has 1 atom stereocenters. The van der Waals surface area contributed by atoms with Gasteiger partial charge in [0, 0.05) is 18.6 Å². The largest absolute Gasteiger partial charge is 0.327 e. The summed E-state index contributed by atoms with van der Waals surface area (Å²) in [5.41, 5.74) is 6.65. The molecule has 0 aromatic carbocycles. The minimum Gasteiger partial charge on any atom is -0.327 e. The predicted molar refractivity (Wildman–Crippen MR) is 51.0 cm³/mol. The molecule has 1 saturated carbocycles. The van der Waals surface area contributed by atoms with Crippen LogP contribution in [-0.2, 0) is 0 Å². The van der Waals surface area contributed by atoms with Crippen molar-refractivity contribution < 1.29 is 0 Å². The van der Waals surface area contributed by atoms with Crippen molar-refractivity contribution in [1.29, 1.82) is 0 Å². The normalized spacial score (nSPS) is 34.5. The molecule has 1 unspecified atom stereocenters. The standard InChI is InChI=1S/C10H20N2/c1-8(2)12-6-3-9(11)10(7-12)4-5-10/h8-9H,3-7,11H2,1-2H3. The van der Waals surface area contributed by atoms with Gasteiger partial charge in [-0.25, -0.2) is 0 Å². The predicted octanol–water partition coefficient (Wildman–Crippen LogP) is 1.21. The number of hydrogen-bond donors (Lipinski definition) is 1. The number of nitrogens with two attached hydrogens (primary N) is 1. The summed E-state index contributed by atoms with van der Waals surface area (Å²) >= 11 is 0. The van der Waals surface area contributed by atoms with E-state index in [2.05, 4.69) is 18.7 Å². The van der Waals surface area contributed by atoms with Crippen molar-refractivity contribution in [2.24, 2.45) is 11.1 Å². The molecule has 0 amide bonds.